The minimum absolute atomic E-state index is 0.0848. The molecule has 0 spiro atoms. The maximum absolute atomic E-state index is 13.5. The maximum atomic E-state index is 13.5. The predicted molar refractivity (Wildman–Crippen MR) is 61.3 cm³/mol. The van der Waals surface area contributed by atoms with Crippen LogP contribution in [0.15, 0.2) is 17.1 Å². The van der Waals surface area contributed by atoms with Crippen LogP contribution in [0.5, 0.6) is 0 Å². The fourth-order valence-corrected chi connectivity index (χ4v) is 2.18. The predicted octanol–water partition coefficient (Wildman–Crippen LogP) is -0.616. The Labute approximate surface area is 102 Å². The highest BCUT2D eigenvalue weighted by Crippen LogP contribution is 2.33. The number of ether oxygens (including phenoxy) is 1. The lowest BCUT2D eigenvalue weighted by Gasteiger charge is -2.27. The Bertz CT molecular complexity index is 518. The van der Waals surface area contributed by atoms with Gasteiger partial charge in [0.2, 0.25) is 5.82 Å². The van der Waals surface area contributed by atoms with E-state index in [0.717, 1.165) is 4.57 Å². The Balaban J connectivity index is 2.44. The van der Waals surface area contributed by atoms with Gasteiger partial charge in [0.05, 0.1) is 18.4 Å². The summed E-state index contributed by atoms with van der Waals surface area (Å²) in [4.78, 5) is 11.8. The van der Waals surface area contributed by atoms with E-state index < -0.39 is 29.3 Å². The minimum atomic E-state index is -1.20. The topological polar surface area (TPSA) is 97.7 Å². The van der Waals surface area contributed by atoms with Crippen LogP contribution >= 0.6 is 0 Å². The molecule has 1 aromatic heterocycles. The van der Waals surface area contributed by atoms with Crippen LogP contribution in [0, 0.1) is 5.82 Å². The van der Waals surface area contributed by atoms with Gasteiger partial charge in [-0.15, -0.1) is 0 Å². The fraction of sp³-hybridized carbons (Fsp3) is 0.545. The molecule has 0 saturated carbocycles. The molecule has 2 rings (SSSR count). The molecular formula is C11H15FN2O4. The third kappa shape index (κ3) is 1.90. The molecular weight excluding hydrogens is 243 g/mol. The molecule has 0 aliphatic carbocycles. The van der Waals surface area contributed by atoms with Crippen LogP contribution in [0.4, 0.5) is 10.1 Å². The van der Waals surface area contributed by atoms with Crippen LogP contribution in [-0.2, 0) is 10.5 Å². The van der Waals surface area contributed by atoms with Crippen molar-refractivity contribution >= 4 is 5.69 Å². The molecule has 1 fully saturated rings. The number of nitrogens with zero attached hydrogens (tertiary/aromatic N) is 1. The van der Waals surface area contributed by atoms with E-state index in [9.17, 15) is 14.3 Å². The number of aromatic nitrogens is 1. The Hall–Kier alpha value is -1.44. The first-order valence-electron chi connectivity index (χ1n) is 5.53. The van der Waals surface area contributed by atoms with Gasteiger partial charge in [0.25, 0.3) is 5.56 Å². The molecule has 0 radical (unpaired) electrons. The molecule has 6 nitrogen and oxygen atoms in total. The van der Waals surface area contributed by atoms with Crippen LogP contribution in [0.2, 0.25) is 0 Å². The molecule has 1 aromatic rings. The van der Waals surface area contributed by atoms with Gasteiger partial charge in [-0.2, -0.15) is 4.39 Å². The van der Waals surface area contributed by atoms with Crippen LogP contribution in [0.25, 0.3) is 0 Å². The number of hydrogen-bond donors (Lipinski definition) is 3. The normalized spacial score (nSPS) is 31.8. The van der Waals surface area contributed by atoms with Gasteiger partial charge < -0.3 is 20.7 Å². The van der Waals surface area contributed by atoms with Crippen molar-refractivity contribution in [1.82, 2.24) is 4.57 Å². The summed E-state index contributed by atoms with van der Waals surface area (Å²) in [6.07, 6.45) is -0.302. The molecule has 100 valence electrons. The van der Waals surface area contributed by atoms with E-state index in [4.69, 9.17) is 15.6 Å². The highest BCUT2D eigenvalue weighted by molar-refractivity contribution is 5.36. The number of nitrogen functional groups attached to an aromatic ring is 1. The summed E-state index contributed by atoms with van der Waals surface area (Å²) in [5, 5.41) is 18.7. The first-order valence-corrected chi connectivity index (χ1v) is 5.53. The third-order valence-electron chi connectivity index (χ3n) is 3.18. The number of aliphatic hydroxyl groups is 2. The van der Waals surface area contributed by atoms with Crippen molar-refractivity contribution < 1.29 is 19.3 Å². The first-order chi connectivity index (χ1) is 8.39. The van der Waals surface area contributed by atoms with E-state index in [1.54, 1.807) is 6.92 Å². The lowest BCUT2D eigenvalue weighted by atomic mass is 10.1. The van der Waals surface area contributed by atoms with Crippen molar-refractivity contribution in [3.8, 4) is 0 Å². The number of halogens is 1. The average Bonchev–Trinajstić information content (AvgIpc) is 2.62. The Morgan fingerprint density at radius 3 is 2.94 bits per heavy atom. The SMILES string of the molecule is C[C@@]1(n2ccc(N)c(F)c2=O)C[C@H](O)[C@@H](CO)O1. The standard InChI is InChI=1S/C11H15FN2O4/c1-11(4-7(16)8(5-15)18-11)14-3-2-6(13)9(12)10(14)17/h2-3,7-8,15-16H,4-5,13H2,1H3/t7-,8+,11-/m0/s1. The summed E-state index contributed by atoms with van der Waals surface area (Å²) in [5.74, 6) is -1.05. The summed E-state index contributed by atoms with van der Waals surface area (Å²) in [5.41, 5.74) is 2.95. The molecule has 1 aliphatic rings. The number of nitrogens with two attached hydrogens (primary N) is 1. The maximum Gasteiger partial charge on any atom is 0.291 e. The van der Waals surface area contributed by atoms with Gasteiger partial charge in [-0.1, -0.05) is 0 Å². The van der Waals surface area contributed by atoms with Gasteiger partial charge in [0.15, 0.2) is 0 Å². The zero-order chi connectivity index (χ0) is 13.5. The number of aliphatic hydroxyl groups excluding tert-OH is 2. The van der Waals surface area contributed by atoms with E-state index in [0.29, 0.717) is 0 Å². The smallest absolute Gasteiger partial charge is 0.291 e. The molecule has 4 N–H and O–H groups in total. The summed E-state index contributed by atoms with van der Waals surface area (Å²) in [6, 6.07) is 1.25. The summed E-state index contributed by atoms with van der Waals surface area (Å²) >= 11 is 0. The second-order valence-electron chi connectivity index (χ2n) is 4.55. The van der Waals surface area contributed by atoms with E-state index in [-0.39, 0.29) is 18.7 Å². The summed E-state index contributed by atoms with van der Waals surface area (Å²) in [6.45, 7) is 1.17. The van der Waals surface area contributed by atoms with Crippen molar-refractivity contribution in [2.75, 3.05) is 12.3 Å². The molecule has 0 unspecified atom stereocenters. The second-order valence-corrected chi connectivity index (χ2v) is 4.55. The van der Waals surface area contributed by atoms with E-state index >= 15 is 0 Å². The first kappa shape index (κ1) is 13.0. The summed E-state index contributed by atoms with van der Waals surface area (Å²) in [7, 11) is 0. The zero-order valence-electron chi connectivity index (χ0n) is 9.84. The van der Waals surface area contributed by atoms with Crippen LogP contribution in [-0.4, -0.2) is 33.6 Å². The molecule has 1 aliphatic heterocycles. The van der Waals surface area contributed by atoms with Crippen molar-refractivity contribution in [2.45, 2.75) is 31.3 Å². The Morgan fingerprint density at radius 1 is 1.72 bits per heavy atom. The van der Waals surface area contributed by atoms with Crippen molar-refractivity contribution in [1.29, 1.82) is 0 Å². The number of anilines is 1. The number of rotatable bonds is 2. The second kappa shape index (κ2) is 4.34. The Kier molecular flexibility index (Phi) is 3.14. The van der Waals surface area contributed by atoms with Gasteiger partial charge in [0, 0.05) is 12.6 Å². The van der Waals surface area contributed by atoms with Crippen LogP contribution in [0.3, 0.4) is 0 Å². The van der Waals surface area contributed by atoms with Crippen molar-refractivity contribution in [2.24, 2.45) is 0 Å². The van der Waals surface area contributed by atoms with Crippen molar-refractivity contribution in [3.63, 3.8) is 0 Å². The number of pyridine rings is 1. The lowest BCUT2D eigenvalue weighted by molar-refractivity contribution is -0.107. The zero-order valence-corrected chi connectivity index (χ0v) is 9.84. The molecule has 0 amide bonds. The largest absolute Gasteiger partial charge is 0.396 e. The van der Waals surface area contributed by atoms with Crippen LogP contribution < -0.4 is 11.3 Å². The highest BCUT2D eigenvalue weighted by atomic mass is 19.1. The monoisotopic (exact) mass is 258 g/mol. The molecule has 2 heterocycles. The molecule has 18 heavy (non-hydrogen) atoms. The van der Waals surface area contributed by atoms with E-state index in [2.05, 4.69) is 0 Å². The van der Waals surface area contributed by atoms with Crippen molar-refractivity contribution in [3.05, 3.63) is 28.4 Å². The summed E-state index contributed by atoms with van der Waals surface area (Å²) < 4.78 is 19.9. The van der Waals surface area contributed by atoms with E-state index in [1.165, 1.54) is 12.3 Å². The van der Waals surface area contributed by atoms with Gasteiger partial charge in [-0.3, -0.25) is 9.36 Å². The quantitative estimate of drug-likeness (QED) is 0.657. The molecule has 7 heteroatoms. The highest BCUT2D eigenvalue weighted by Gasteiger charge is 2.44. The minimum Gasteiger partial charge on any atom is -0.396 e. The molecule has 0 aromatic carbocycles. The van der Waals surface area contributed by atoms with Gasteiger partial charge in [-0.25, -0.2) is 0 Å². The third-order valence-corrected chi connectivity index (χ3v) is 3.18. The van der Waals surface area contributed by atoms with Gasteiger partial charge in [0.1, 0.15) is 11.8 Å². The Morgan fingerprint density at radius 2 is 2.39 bits per heavy atom. The molecule has 1 saturated heterocycles. The number of hydrogen-bond acceptors (Lipinski definition) is 5. The van der Waals surface area contributed by atoms with Gasteiger partial charge >= 0.3 is 0 Å². The molecule has 0 bridgehead atoms. The van der Waals surface area contributed by atoms with E-state index in [1.807, 2.05) is 0 Å². The average molecular weight is 258 g/mol. The molecule has 3 atom stereocenters. The lowest BCUT2D eigenvalue weighted by Crippen LogP contribution is -2.40. The van der Waals surface area contributed by atoms with Crippen LogP contribution in [0.1, 0.15) is 13.3 Å². The fourth-order valence-electron chi connectivity index (χ4n) is 2.18. The van der Waals surface area contributed by atoms with Gasteiger partial charge in [-0.05, 0) is 13.0 Å².